The first-order chi connectivity index (χ1) is 8.40. The summed E-state index contributed by atoms with van der Waals surface area (Å²) in [5.74, 6) is 0.633. The van der Waals surface area contributed by atoms with E-state index in [0.717, 1.165) is 13.0 Å². The highest BCUT2D eigenvalue weighted by Gasteiger charge is 2.01. The number of hydrogen-bond acceptors (Lipinski definition) is 4. The second kappa shape index (κ2) is 5.66. The summed E-state index contributed by atoms with van der Waals surface area (Å²) < 4.78 is 7.29. The lowest BCUT2D eigenvalue weighted by Gasteiger charge is -2.07. The van der Waals surface area contributed by atoms with Crippen molar-refractivity contribution in [2.45, 2.75) is 13.0 Å². The number of aromatic nitrogens is 3. The quantitative estimate of drug-likeness (QED) is 0.729. The first kappa shape index (κ1) is 11.1. The highest BCUT2D eigenvalue weighted by molar-refractivity contribution is 5.42. The molecule has 17 heavy (non-hydrogen) atoms. The van der Waals surface area contributed by atoms with Crippen LogP contribution in [0.3, 0.4) is 0 Å². The summed E-state index contributed by atoms with van der Waals surface area (Å²) in [6, 6.07) is 9.31. The van der Waals surface area contributed by atoms with Gasteiger partial charge in [-0.25, -0.2) is 4.98 Å². The average Bonchev–Trinajstić information content (AvgIpc) is 2.88. The van der Waals surface area contributed by atoms with Crippen LogP contribution in [0.4, 0.5) is 0 Å². The van der Waals surface area contributed by atoms with Gasteiger partial charge >= 0.3 is 0 Å². The van der Waals surface area contributed by atoms with Gasteiger partial charge in [0.1, 0.15) is 24.5 Å². The summed E-state index contributed by atoms with van der Waals surface area (Å²) in [5.41, 5.74) is 0.563. The van der Waals surface area contributed by atoms with Gasteiger partial charge in [-0.2, -0.15) is 10.4 Å². The van der Waals surface area contributed by atoms with Crippen LogP contribution >= 0.6 is 0 Å². The molecule has 0 unspecified atom stereocenters. The van der Waals surface area contributed by atoms with Crippen molar-refractivity contribution in [2.75, 3.05) is 6.61 Å². The van der Waals surface area contributed by atoms with Crippen LogP contribution in [-0.4, -0.2) is 21.4 Å². The number of para-hydroxylation sites is 1. The maximum absolute atomic E-state index is 8.87. The van der Waals surface area contributed by atoms with Crippen molar-refractivity contribution in [1.82, 2.24) is 14.8 Å². The Balaban J connectivity index is 1.80. The molecule has 2 aromatic rings. The second-order valence-corrected chi connectivity index (χ2v) is 3.47. The number of rotatable bonds is 5. The van der Waals surface area contributed by atoms with Crippen molar-refractivity contribution in [3.05, 3.63) is 42.5 Å². The molecule has 5 nitrogen and oxygen atoms in total. The van der Waals surface area contributed by atoms with Crippen LogP contribution in [0, 0.1) is 11.3 Å². The van der Waals surface area contributed by atoms with Crippen molar-refractivity contribution in [1.29, 1.82) is 5.26 Å². The minimum absolute atomic E-state index is 0.554. The predicted molar refractivity (Wildman–Crippen MR) is 61.3 cm³/mol. The zero-order chi connectivity index (χ0) is 11.9. The number of nitriles is 1. The van der Waals surface area contributed by atoms with E-state index in [1.54, 1.807) is 23.1 Å². The molecule has 1 aromatic heterocycles. The SMILES string of the molecule is N#Cc1ccccc1OCCCn1cncn1. The molecule has 0 aliphatic carbocycles. The Morgan fingerprint density at radius 3 is 3.00 bits per heavy atom. The summed E-state index contributed by atoms with van der Waals surface area (Å²) in [7, 11) is 0. The minimum Gasteiger partial charge on any atom is -0.492 e. The number of benzene rings is 1. The average molecular weight is 228 g/mol. The largest absolute Gasteiger partial charge is 0.492 e. The Kier molecular flexibility index (Phi) is 3.71. The monoisotopic (exact) mass is 228 g/mol. The second-order valence-electron chi connectivity index (χ2n) is 3.47. The summed E-state index contributed by atoms with van der Waals surface area (Å²) in [4.78, 5) is 3.85. The van der Waals surface area contributed by atoms with Gasteiger partial charge in [-0.15, -0.1) is 0 Å². The van der Waals surface area contributed by atoms with E-state index in [4.69, 9.17) is 10.00 Å². The van der Waals surface area contributed by atoms with E-state index in [0.29, 0.717) is 17.9 Å². The van der Waals surface area contributed by atoms with Gasteiger partial charge in [0.2, 0.25) is 0 Å². The van der Waals surface area contributed by atoms with Crippen molar-refractivity contribution in [3.63, 3.8) is 0 Å². The molecule has 1 heterocycles. The lowest BCUT2D eigenvalue weighted by Crippen LogP contribution is -2.05. The molecule has 0 bridgehead atoms. The fourth-order valence-electron chi connectivity index (χ4n) is 1.44. The van der Waals surface area contributed by atoms with Crippen LogP contribution in [-0.2, 0) is 6.54 Å². The number of ether oxygens (including phenoxy) is 1. The molecule has 86 valence electrons. The van der Waals surface area contributed by atoms with Gasteiger partial charge < -0.3 is 4.74 Å². The van der Waals surface area contributed by atoms with Gasteiger partial charge in [-0.3, -0.25) is 4.68 Å². The highest BCUT2D eigenvalue weighted by atomic mass is 16.5. The number of hydrogen-bond donors (Lipinski definition) is 0. The minimum atomic E-state index is 0.554. The van der Waals surface area contributed by atoms with Crippen LogP contribution in [0.2, 0.25) is 0 Å². The van der Waals surface area contributed by atoms with E-state index < -0.39 is 0 Å². The maximum atomic E-state index is 8.87. The Hall–Kier alpha value is -2.35. The fraction of sp³-hybridized carbons (Fsp3) is 0.250. The summed E-state index contributed by atoms with van der Waals surface area (Å²) in [5, 5.41) is 12.9. The molecule has 0 amide bonds. The Bertz CT molecular complexity index is 501. The molecular formula is C12H12N4O. The molecule has 0 saturated heterocycles. The normalized spacial score (nSPS) is 9.82. The van der Waals surface area contributed by atoms with Crippen LogP contribution in [0.1, 0.15) is 12.0 Å². The Morgan fingerprint density at radius 2 is 2.24 bits per heavy atom. The van der Waals surface area contributed by atoms with Gasteiger partial charge in [-0.05, 0) is 12.1 Å². The molecule has 0 fully saturated rings. The predicted octanol–water partition coefficient (Wildman–Crippen LogP) is 1.62. The molecule has 0 N–H and O–H groups in total. The zero-order valence-electron chi connectivity index (χ0n) is 9.28. The van der Waals surface area contributed by atoms with Crippen LogP contribution in [0.25, 0.3) is 0 Å². The van der Waals surface area contributed by atoms with Gasteiger partial charge in [0.15, 0.2) is 0 Å². The van der Waals surface area contributed by atoms with Crippen LogP contribution < -0.4 is 4.74 Å². The van der Waals surface area contributed by atoms with E-state index in [2.05, 4.69) is 16.2 Å². The van der Waals surface area contributed by atoms with Gasteiger partial charge in [0, 0.05) is 13.0 Å². The number of nitrogens with zero attached hydrogens (tertiary/aromatic N) is 4. The van der Waals surface area contributed by atoms with Gasteiger partial charge in [-0.1, -0.05) is 12.1 Å². The molecule has 2 rings (SSSR count). The van der Waals surface area contributed by atoms with E-state index in [9.17, 15) is 0 Å². The standard InChI is InChI=1S/C12H12N4O/c13-8-11-4-1-2-5-12(11)17-7-3-6-16-10-14-9-15-16/h1-2,4-5,9-10H,3,6-7H2. The Labute approximate surface area is 99.3 Å². The first-order valence-corrected chi connectivity index (χ1v) is 5.34. The third kappa shape index (κ3) is 3.05. The maximum Gasteiger partial charge on any atom is 0.137 e. The summed E-state index contributed by atoms with van der Waals surface area (Å²) in [6.07, 6.45) is 4.00. The molecule has 0 spiro atoms. The number of aryl methyl sites for hydroxylation is 1. The lowest BCUT2D eigenvalue weighted by atomic mass is 10.2. The molecule has 0 saturated carbocycles. The molecule has 0 aliphatic heterocycles. The van der Waals surface area contributed by atoms with E-state index in [1.807, 2.05) is 12.1 Å². The van der Waals surface area contributed by atoms with Crippen molar-refractivity contribution in [2.24, 2.45) is 0 Å². The fourth-order valence-corrected chi connectivity index (χ4v) is 1.44. The van der Waals surface area contributed by atoms with E-state index >= 15 is 0 Å². The highest BCUT2D eigenvalue weighted by Crippen LogP contribution is 2.16. The lowest BCUT2D eigenvalue weighted by molar-refractivity contribution is 0.298. The van der Waals surface area contributed by atoms with Crippen molar-refractivity contribution in [3.8, 4) is 11.8 Å². The summed E-state index contributed by atoms with van der Waals surface area (Å²) >= 11 is 0. The van der Waals surface area contributed by atoms with E-state index in [-0.39, 0.29) is 0 Å². The Morgan fingerprint density at radius 1 is 1.35 bits per heavy atom. The zero-order valence-corrected chi connectivity index (χ0v) is 9.28. The molecule has 5 heteroatoms. The van der Waals surface area contributed by atoms with Crippen molar-refractivity contribution >= 4 is 0 Å². The van der Waals surface area contributed by atoms with Gasteiger partial charge in [0.05, 0.1) is 12.2 Å². The topological polar surface area (TPSA) is 63.7 Å². The first-order valence-electron chi connectivity index (χ1n) is 5.34. The smallest absolute Gasteiger partial charge is 0.137 e. The van der Waals surface area contributed by atoms with Crippen LogP contribution in [0.5, 0.6) is 5.75 Å². The summed E-state index contributed by atoms with van der Waals surface area (Å²) in [6.45, 7) is 1.31. The third-order valence-electron chi connectivity index (χ3n) is 2.26. The third-order valence-corrected chi connectivity index (χ3v) is 2.26. The van der Waals surface area contributed by atoms with E-state index in [1.165, 1.54) is 6.33 Å². The van der Waals surface area contributed by atoms with Gasteiger partial charge in [0.25, 0.3) is 0 Å². The molecule has 0 aliphatic rings. The van der Waals surface area contributed by atoms with Crippen LogP contribution in [0.15, 0.2) is 36.9 Å². The molecule has 0 atom stereocenters. The molecule has 0 radical (unpaired) electrons. The van der Waals surface area contributed by atoms with Crippen molar-refractivity contribution < 1.29 is 4.74 Å². The molecular weight excluding hydrogens is 216 g/mol. The molecule has 1 aromatic carbocycles.